The molecule has 1 unspecified atom stereocenters. The van der Waals surface area contributed by atoms with Crippen molar-refractivity contribution < 1.29 is 28.1 Å². The molecule has 0 saturated heterocycles. The number of rotatable bonds is 9. The zero-order valence-electron chi connectivity index (χ0n) is 23.2. The molecule has 0 aliphatic carbocycles. The van der Waals surface area contributed by atoms with Crippen LogP contribution in [0.15, 0.2) is 102 Å². The molecule has 5 rings (SSSR count). The third-order valence-electron chi connectivity index (χ3n) is 6.86. The predicted molar refractivity (Wildman–Crippen MR) is 155 cm³/mol. The van der Waals surface area contributed by atoms with E-state index in [1.807, 2.05) is 36.4 Å². The molecule has 0 fully saturated rings. The van der Waals surface area contributed by atoms with Gasteiger partial charge in [0, 0.05) is 11.6 Å². The lowest BCUT2D eigenvalue weighted by atomic mass is 9.83. The van der Waals surface area contributed by atoms with E-state index in [1.165, 1.54) is 17.7 Å². The van der Waals surface area contributed by atoms with Gasteiger partial charge in [0.05, 0.1) is 5.92 Å². The Morgan fingerprint density at radius 3 is 2.24 bits per heavy atom. The summed E-state index contributed by atoms with van der Waals surface area (Å²) in [6, 6.07) is 28.1. The van der Waals surface area contributed by atoms with Crippen molar-refractivity contribution in [2.24, 2.45) is 5.73 Å². The Labute approximate surface area is 243 Å². The molecule has 1 heterocycles. The van der Waals surface area contributed by atoms with Crippen LogP contribution >= 0.6 is 0 Å². The van der Waals surface area contributed by atoms with Crippen molar-refractivity contribution in [2.75, 3.05) is 6.61 Å². The van der Waals surface area contributed by atoms with Crippen LogP contribution in [0.4, 0.5) is 4.39 Å². The Morgan fingerprint density at radius 1 is 0.929 bits per heavy atom. The standard InChI is InChI=1S/C34H29FN2O5/c1-21(2)23-5-11-27(12-6-23)40-20-32(38)41-28-15-16-29-31(17-28)42-34(37)30(18-36)33(29)24-7-13-26(14-8-24)39-19-22-3-9-25(35)10-4-22/h3-17,21,33H,19-20,37H2,1-2H3. The van der Waals surface area contributed by atoms with Gasteiger partial charge in [0.25, 0.3) is 0 Å². The second-order valence-corrected chi connectivity index (χ2v) is 10.1. The first-order valence-corrected chi connectivity index (χ1v) is 13.4. The van der Waals surface area contributed by atoms with E-state index in [-0.39, 0.29) is 36.2 Å². The average molecular weight is 565 g/mol. The van der Waals surface area contributed by atoms with Crippen molar-refractivity contribution in [1.82, 2.24) is 0 Å². The maximum absolute atomic E-state index is 13.1. The van der Waals surface area contributed by atoms with Gasteiger partial charge in [-0.2, -0.15) is 5.26 Å². The maximum Gasteiger partial charge on any atom is 0.349 e. The summed E-state index contributed by atoms with van der Waals surface area (Å²) in [4.78, 5) is 12.5. The van der Waals surface area contributed by atoms with Gasteiger partial charge in [0.2, 0.25) is 5.88 Å². The van der Waals surface area contributed by atoms with Crippen molar-refractivity contribution in [1.29, 1.82) is 5.26 Å². The summed E-state index contributed by atoms with van der Waals surface area (Å²) in [5, 5.41) is 9.87. The molecule has 8 heteroatoms. The van der Waals surface area contributed by atoms with Gasteiger partial charge in [-0.05, 0) is 65.1 Å². The van der Waals surface area contributed by atoms with E-state index in [0.29, 0.717) is 28.7 Å². The van der Waals surface area contributed by atoms with Crippen LogP contribution < -0.4 is 24.7 Å². The molecular weight excluding hydrogens is 535 g/mol. The Kier molecular flexibility index (Phi) is 8.39. The Balaban J connectivity index is 1.27. The van der Waals surface area contributed by atoms with Crippen LogP contribution in [0, 0.1) is 17.1 Å². The molecule has 212 valence electrons. The highest BCUT2D eigenvalue weighted by molar-refractivity contribution is 5.74. The summed E-state index contributed by atoms with van der Waals surface area (Å²) < 4.78 is 35.8. The van der Waals surface area contributed by atoms with Crippen molar-refractivity contribution in [3.63, 3.8) is 0 Å². The van der Waals surface area contributed by atoms with E-state index in [2.05, 4.69) is 19.9 Å². The number of nitrogens with zero attached hydrogens (tertiary/aromatic N) is 1. The van der Waals surface area contributed by atoms with Crippen molar-refractivity contribution in [3.8, 4) is 29.1 Å². The SMILES string of the molecule is CC(C)c1ccc(OCC(=O)Oc2ccc3c(c2)OC(N)=C(C#N)C3c2ccc(OCc3ccc(F)cc3)cc2)cc1. The van der Waals surface area contributed by atoms with Gasteiger partial charge >= 0.3 is 5.97 Å². The molecule has 1 aliphatic heterocycles. The van der Waals surface area contributed by atoms with Crippen LogP contribution in [0.1, 0.15) is 47.9 Å². The molecule has 0 saturated carbocycles. The molecule has 1 aliphatic rings. The van der Waals surface area contributed by atoms with Crippen LogP contribution in [-0.2, 0) is 11.4 Å². The number of hydrogen-bond acceptors (Lipinski definition) is 7. The van der Waals surface area contributed by atoms with Gasteiger partial charge in [0.15, 0.2) is 6.61 Å². The van der Waals surface area contributed by atoms with E-state index in [9.17, 15) is 14.4 Å². The monoisotopic (exact) mass is 564 g/mol. The lowest BCUT2D eigenvalue weighted by molar-refractivity contribution is -0.136. The Bertz CT molecular complexity index is 1640. The van der Waals surface area contributed by atoms with Gasteiger partial charge in [-0.15, -0.1) is 0 Å². The molecule has 7 nitrogen and oxygen atoms in total. The van der Waals surface area contributed by atoms with Crippen LogP contribution in [-0.4, -0.2) is 12.6 Å². The number of nitriles is 1. The normalized spacial score (nSPS) is 14.0. The number of carbonyl (C=O) groups excluding carboxylic acids is 1. The number of halogens is 1. The van der Waals surface area contributed by atoms with Crippen LogP contribution in [0.3, 0.4) is 0 Å². The van der Waals surface area contributed by atoms with E-state index in [1.54, 1.807) is 42.5 Å². The molecule has 1 atom stereocenters. The summed E-state index contributed by atoms with van der Waals surface area (Å²) in [6.45, 7) is 4.23. The minimum Gasteiger partial charge on any atom is -0.489 e. The molecule has 0 spiro atoms. The number of allylic oxidation sites excluding steroid dienone is 1. The number of fused-ring (bicyclic) bond motifs is 1. The van der Waals surface area contributed by atoms with E-state index in [0.717, 1.165) is 11.1 Å². The molecule has 4 aromatic carbocycles. The van der Waals surface area contributed by atoms with E-state index < -0.39 is 11.9 Å². The van der Waals surface area contributed by atoms with Crippen LogP contribution in [0.5, 0.6) is 23.0 Å². The Hall–Kier alpha value is -5.29. The molecule has 0 bridgehead atoms. The zero-order valence-corrected chi connectivity index (χ0v) is 23.2. The van der Waals surface area contributed by atoms with Crippen molar-refractivity contribution >= 4 is 5.97 Å². The minimum absolute atomic E-state index is 0.0247. The van der Waals surface area contributed by atoms with Gasteiger partial charge in [-0.25, -0.2) is 9.18 Å². The third kappa shape index (κ3) is 6.53. The quantitative estimate of drug-likeness (QED) is 0.178. The molecule has 42 heavy (non-hydrogen) atoms. The number of nitrogens with two attached hydrogens (primary N) is 1. The summed E-state index contributed by atoms with van der Waals surface area (Å²) in [5.74, 6) is 0.826. The smallest absolute Gasteiger partial charge is 0.349 e. The number of hydrogen-bond donors (Lipinski definition) is 1. The predicted octanol–water partition coefficient (Wildman–Crippen LogP) is 6.73. The molecule has 4 aromatic rings. The summed E-state index contributed by atoms with van der Waals surface area (Å²) >= 11 is 0. The highest BCUT2D eigenvalue weighted by Crippen LogP contribution is 2.43. The largest absolute Gasteiger partial charge is 0.489 e. The minimum atomic E-state index is -0.576. The zero-order chi connectivity index (χ0) is 29.6. The fourth-order valence-electron chi connectivity index (χ4n) is 4.60. The van der Waals surface area contributed by atoms with Crippen molar-refractivity contribution in [3.05, 3.63) is 131 Å². The fraction of sp³-hybridized carbons (Fsp3) is 0.176. The van der Waals surface area contributed by atoms with Gasteiger partial charge < -0.3 is 24.7 Å². The van der Waals surface area contributed by atoms with Crippen LogP contribution in [0.2, 0.25) is 0 Å². The summed E-state index contributed by atoms with van der Waals surface area (Å²) in [6.07, 6.45) is 0. The second kappa shape index (κ2) is 12.5. The lowest BCUT2D eigenvalue weighted by Gasteiger charge is -2.26. The first-order valence-electron chi connectivity index (χ1n) is 13.4. The summed E-state index contributed by atoms with van der Waals surface area (Å²) in [7, 11) is 0. The first-order chi connectivity index (χ1) is 20.3. The first kappa shape index (κ1) is 28.2. The number of ether oxygens (including phenoxy) is 4. The maximum atomic E-state index is 13.1. The van der Waals surface area contributed by atoms with E-state index >= 15 is 0 Å². The molecule has 0 aromatic heterocycles. The molecule has 0 radical (unpaired) electrons. The highest BCUT2D eigenvalue weighted by Gasteiger charge is 2.31. The topological polar surface area (TPSA) is 104 Å². The van der Waals surface area contributed by atoms with Crippen LogP contribution in [0.25, 0.3) is 0 Å². The third-order valence-corrected chi connectivity index (χ3v) is 6.86. The highest BCUT2D eigenvalue weighted by atomic mass is 19.1. The molecule has 0 amide bonds. The number of esters is 1. The summed E-state index contributed by atoms with van der Waals surface area (Å²) in [5.41, 5.74) is 9.91. The van der Waals surface area contributed by atoms with Gasteiger partial charge in [0.1, 0.15) is 47.1 Å². The fourth-order valence-corrected chi connectivity index (χ4v) is 4.60. The molecular formula is C34H29FN2O5. The van der Waals surface area contributed by atoms with Gasteiger partial charge in [-0.1, -0.05) is 56.3 Å². The number of carbonyl (C=O) groups is 1. The molecule has 2 N–H and O–H groups in total. The lowest BCUT2D eigenvalue weighted by Crippen LogP contribution is -2.21. The Morgan fingerprint density at radius 2 is 1.57 bits per heavy atom. The van der Waals surface area contributed by atoms with Gasteiger partial charge in [-0.3, -0.25) is 0 Å². The number of benzene rings is 4. The van der Waals surface area contributed by atoms with E-state index in [4.69, 9.17) is 24.7 Å². The van der Waals surface area contributed by atoms with Crippen molar-refractivity contribution in [2.45, 2.75) is 32.3 Å². The average Bonchev–Trinajstić information content (AvgIpc) is 2.99. The second-order valence-electron chi connectivity index (χ2n) is 10.1.